The van der Waals surface area contributed by atoms with Gasteiger partial charge in [0.1, 0.15) is 4.75 Å². The Morgan fingerprint density at radius 2 is 2.05 bits per heavy atom. The van der Waals surface area contributed by atoms with E-state index in [9.17, 15) is 4.55 Å². The maximum absolute atomic E-state index is 12.4. The monoisotopic (exact) mass is 363 g/mol. The second-order valence-corrected chi connectivity index (χ2v) is 10.0. The van der Waals surface area contributed by atoms with Crippen molar-refractivity contribution in [3.05, 3.63) is 20.8 Å². The zero-order valence-electron chi connectivity index (χ0n) is 11.7. The van der Waals surface area contributed by atoms with Crippen LogP contribution in [0.15, 0.2) is 15.9 Å². The van der Waals surface area contributed by atoms with Gasteiger partial charge in [-0.05, 0) is 61.5 Å². The van der Waals surface area contributed by atoms with Gasteiger partial charge in [-0.15, -0.1) is 16.1 Å². The number of thiophene rings is 1. The maximum Gasteiger partial charge on any atom is 0.136 e. The van der Waals surface area contributed by atoms with E-state index >= 15 is 0 Å². The summed E-state index contributed by atoms with van der Waals surface area (Å²) < 4.78 is 16.7. The molecule has 0 saturated heterocycles. The van der Waals surface area contributed by atoms with Crippen LogP contribution < -0.4 is 4.72 Å². The predicted octanol–water partition coefficient (Wildman–Crippen LogP) is 4.79. The van der Waals surface area contributed by atoms with Gasteiger partial charge in [0.05, 0.1) is 6.04 Å². The van der Waals surface area contributed by atoms with Crippen molar-refractivity contribution in [2.24, 2.45) is 5.92 Å². The Morgan fingerprint density at radius 3 is 2.53 bits per heavy atom. The number of halogens is 1. The molecule has 1 fully saturated rings. The molecule has 1 aromatic heterocycles. The molecule has 2 atom stereocenters. The molecule has 19 heavy (non-hydrogen) atoms. The lowest BCUT2D eigenvalue weighted by atomic mass is 9.98. The Kier molecular flexibility index (Phi) is 5.40. The van der Waals surface area contributed by atoms with Gasteiger partial charge in [-0.3, -0.25) is 0 Å². The Hall–Kier alpha value is 0.450. The van der Waals surface area contributed by atoms with Gasteiger partial charge in [0, 0.05) is 26.1 Å². The van der Waals surface area contributed by atoms with E-state index in [4.69, 9.17) is 0 Å². The first-order valence-corrected chi connectivity index (χ1v) is 9.62. The van der Waals surface area contributed by atoms with Crippen LogP contribution in [-0.2, 0) is 11.4 Å². The highest BCUT2D eigenvalue weighted by Crippen LogP contribution is 2.39. The molecule has 2 nitrogen and oxygen atoms in total. The van der Waals surface area contributed by atoms with Crippen molar-refractivity contribution in [2.75, 3.05) is 0 Å². The quantitative estimate of drug-likeness (QED) is 0.780. The first kappa shape index (κ1) is 15.8. The Bertz CT molecular complexity index is 410. The molecule has 2 rings (SSSR count). The summed E-state index contributed by atoms with van der Waals surface area (Å²) in [4.78, 5) is 1.30. The molecule has 1 N–H and O–H groups in total. The highest BCUT2D eigenvalue weighted by molar-refractivity contribution is 9.10. The third-order valence-corrected chi connectivity index (χ3v) is 6.91. The first-order chi connectivity index (χ1) is 8.88. The van der Waals surface area contributed by atoms with Crippen molar-refractivity contribution in [3.8, 4) is 0 Å². The molecule has 2 unspecified atom stereocenters. The smallest absolute Gasteiger partial charge is 0.136 e. The molecule has 0 spiro atoms. The molecular formula is C14H22BrNOS2. The molecule has 0 amide bonds. The summed E-state index contributed by atoms with van der Waals surface area (Å²) in [5.41, 5.74) is 0. The van der Waals surface area contributed by atoms with Crippen LogP contribution in [0.5, 0.6) is 0 Å². The summed E-state index contributed by atoms with van der Waals surface area (Å²) in [6, 6.07) is 2.40. The molecule has 0 aliphatic heterocycles. The van der Waals surface area contributed by atoms with Gasteiger partial charge >= 0.3 is 0 Å². The van der Waals surface area contributed by atoms with Crippen LogP contribution in [0.25, 0.3) is 0 Å². The standard InChI is InChI=1S/C14H22BrNOS2/c1-14(2,3)19(17)16-13(10-6-4-5-7-10)12-8-11(15)9-18-12/h8-10,13,16H,4-7H2,1-3H3. The maximum atomic E-state index is 12.4. The van der Waals surface area contributed by atoms with Gasteiger partial charge < -0.3 is 4.55 Å². The summed E-state index contributed by atoms with van der Waals surface area (Å²) in [7, 11) is 0. The van der Waals surface area contributed by atoms with Crippen LogP contribution >= 0.6 is 27.3 Å². The van der Waals surface area contributed by atoms with E-state index in [0.717, 1.165) is 4.47 Å². The van der Waals surface area contributed by atoms with Crippen LogP contribution in [0.1, 0.15) is 57.4 Å². The lowest BCUT2D eigenvalue weighted by molar-refractivity contribution is 0.410. The van der Waals surface area contributed by atoms with Gasteiger partial charge in [0.2, 0.25) is 0 Å². The van der Waals surface area contributed by atoms with Crippen LogP contribution in [0.3, 0.4) is 0 Å². The van der Waals surface area contributed by atoms with Gasteiger partial charge in [-0.25, -0.2) is 0 Å². The van der Waals surface area contributed by atoms with E-state index in [1.807, 2.05) is 20.8 Å². The van der Waals surface area contributed by atoms with E-state index in [0.29, 0.717) is 5.92 Å². The zero-order valence-corrected chi connectivity index (χ0v) is 15.0. The minimum absolute atomic E-state index is 0.217. The van der Waals surface area contributed by atoms with Gasteiger partial charge in [-0.2, -0.15) is 0 Å². The Balaban J connectivity index is 2.15. The van der Waals surface area contributed by atoms with Gasteiger partial charge in [0.15, 0.2) is 0 Å². The molecule has 5 heteroatoms. The molecular weight excluding hydrogens is 342 g/mol. The molecule has 1 saturated carbocycles. The Morgan fingerprint density at radius 1 is 1.42 bits per heavy atom. The lowest BCUT2D eigenvalue weighted by Crippen LogP contribution is -2.42. The fourth-order valence-electron chi connectivity index (χ4n) is 2.46. The molecule has 1 aliphatic rings. The summed E-state index contributed by atoms with van der Waals surface area (Å²) in [5, 5.41) is 2.11. The molecule has 0 bridgehead atoms. The topological polar surface area (TPSA) is 35.1 Å². The number of nitrogens with one attached hydrogen (secondary N) is 1. The fraction of sp³-hybridized carbons (Fsp3) is 0.714. The summed E-state index contributed by atoms with van der Waals surface area (Å²) in [6.07, 6.45) is 5.10. The molecule has 108 valence electrons. The highest BCUT2D eigenvalue weighted by Gasteiger charge is 2.35. The van der Waals surface area contributed by atoms with E-state index in [-0.39, 0.29) is 10.8 Å². The number of hydrogen-bond donors (Lipinski definition) is 1. The van der Waals surface area contributed by atoms with Crippen LogP contribution in [0.4, 0.5) is 0 Å². The fourth-order valence-corrected chi connectivity index (χ4v) is 5.03. The average molecular weight is 364 g/mol. The summed E-state index contributed by atoms with van der Waals surface area (Å²) >= 11 is 4.26. The summed E-state index contributed by atoms with van der Waals surface area (Å²) in [6.45, 7) is 6.06. The van der Waals surface area contributed by atoms with Crippen molar-refractivity contribution in [1.82, 2.24) is 4.72 Å². The van der Waals surface area contributed by atoms with Crippen LogP contribution in [-0.4, -0.2) is 9.30 Å². The Labute approximate surface area is 131 Å². The largest absolute Gasteiger partial charge is 0.598 e. The van der Waals surface area contributed by atoms with Gasteiger partial charge in [0.25, 0.3) is 0 Å². The van der Waals surface area contributed by atoms with Crippen molar-refractivity contribution in [1.29, 1.82) is 0 Å². The second-order valence-electron chi connectivity index (χ2n) is 6.19. The van der Waals surface area contributed by atoms with Gasteiger partial charge in [-0.1, -0.05) is 12.8 Å². The average Bonchev–Trinajstić information content (AvgIpc) is 2.95. The van der Waals surface area contributed by atoms with Crippen molar-refractivity contribution in [2.45, 2.75) is 57.2 Å². The third-order valence-electron chi connectivity index (χ3n) is 3.56. The van der Waals surface area contributed by atoms with E-state index in [2.05, 4.69) is 32.1 Å². The first-order valence-electron chi connectivity index (χ1n) is 6.80. The lowest BCUT2D eigenvalue weighted by Gasteiger charge is -2.30. The minimum atomic E-state index is -1.01. The molecule has 0 radical (unpaired) electrons. The minimum Gasteiger partial charge on any atom is -0.598 e. The van der Waals surface area contributed by atoms with Crippen molar-refractivity contribution in [3.63, 3.8) is 0 Å². The SMILES string of the molecule is CC(C)(C)[S+]([O-])NC(c1cc(Br)cs1)C1CCCC1. The zero-order chi connectivity index (χ0) is 14.0. The molecule has 1 heterocycles. The summed E-state index contributed by atoms with van der Waals surface area (Å²) in [5.74, 6) is 0.622. The predicted molar refractivity (Wildman–Crippen MR) is 87.7 cm³/mol. The van der Waals surface area contributed by atoms with E-state index in [1.165, 1.54) is 30.6 Å². The highest BCUT2D eigenvalue weighted by atomic mass is 79.9. The second kappa shape index (κ2) is 6.48. The van der Waals surface area contributed by atoms with Crippen LogP contribution in [0, 0.1) is 5.92 Å². The normalized spacial score (nSPS) is 20.7. The van der Waals surface area contributed by atoms with Crippen molar-refractivity contribution < 1.29 is 4.55 Å². The van der Waals surface area contributed by atoms with Crippen molar-refractivity contribution >= 4 is 38.6 Å². The van der Waals surface area contributed by atoms with Crippen LogP contribution in [0.2, 0.25) is 0 Å². The molecule has 1 aromatic rings. The third kappa shape index (κ3) is 4.21. The number of rotatable bonds is 4. The van der Waals surface area contributed by atoms with E-state index < -0.39 is 11.4 Å². The van der Waals surface area contributed by atoms with E-state index in [1.54, 1.807) is 11.3 Å². The molecule has 0 aromatic carbocycles. The number of hydrogen-bond acceptors (Lipinski definition) is 3. The molecule has 1 aliphatic carbocycles.